The van der Waals surface area contributed by atoms with Crippen LogP contribution in [-0.2, 0) is 4.79 Å². The second-order valence-electron chi connectivity index (χ2n) is 5.69. The van der Waals surface area contributed by atoms with E-state index in [0.29, 0.717) is 25.7 Å². The summed E-state index contributed by atoms with van der Waals surface area (Å²) in [5.41, 5.74) is -2.93. The minimum absolute atomic E-state index is 0.262. The van der Waals surface area contributed by atoms with Crippen LogP contribution < -0.4 is 0 Å². The van der Waals surface area contributed by atoms with Crippen molar-refractivity contribution in [1.82, 2.24) is 0 Å². The lowest BCUT2D eigenvalue weighted by atomic mass is 9.56. The zero-order valence-corrected chi connectivity index (χ0v) is 8.99. The summed E-state index contributed by atoms with van der Waals surface area (Å²) >= 11 is 0. The Bertz CT molecular complexity index is 295. The zero-order valence-electron chi connectivity index (χ0n) is 8.99. The van der Waals surface area contributed by atoms with E-state index < -0.39 is 22.6 Å². The van der Waals surface area contributed by atoms with Crippen molar-refractivity contribution in [2.45, 2.75) is 56.7 Å². The molecule has 4 heteroatoms. The van der Waals surface area contributed by atoms with Gasteiger partial charge in [-0.3, -0.25) is 4.79 Å². The Balaban J connectivity index is 2.35. The summed E-state index contributed by atoms with van der Waals surface area (Å²) in [4.78, 5) is 11.3. The molecule has 0 saturated heterocycles. The van der Waals surface area contributed by atoms with E-state index >= 15 is 0 Å². The lowest BCUT2D eigenvalue weighted by Crippen LogP contribution is -2.57. The van der Waals surface area contributed by atoms with Gasteiger partial charge in [-0.1, -0.05) is 0 Å². The number of aliphatic hydroxyl groups is 2. The Morgan fingerprint density at radius 1 is 1.13 bits per heavy atom. The summed E-state index contributed by atoms with van der Waals surface area (Å²) in [5, 5.41) is 29.5. The molecular formula is C11H18O4. The topological polar surface area (TPSA) is 77.8 Å². The second-order valence-corrected chi connectivity index (χ2v) is 5.69. The van der Waals surface area contributed by atoms with Gasteiger partial charge in [-0.15, -0.1) is 0 Å². The molecule has 0 heterocycles. The molecule has 2 fully saturated rings. The van der Waals surface area contributed by atoms with Crippen molar-refractivity contribution in [2.24, 2.45) is 5.41 Å². The Morgan fingerprint density at radius 3 is 2.40 bits per heavy atom. The minimum Gasteiger partial charge on any atom is -0.481 e. The van der Waals surface area contributed by atoms with Gasteiger partial charge in [0.25, 0.3) is 0 Å². The van der Waals surface area contributed by atoms with Crippen molar-refractivity contribution in [3.05, 3.63) is 0 Å². The van der Waals surface area contributed by atoms with Gasteiger partial charge >= 0.3 is 5.97 Å². The van der Waals surface area contributed by atoms with Gasteiger partial charge in [-0.25, -0.2) is 0 Å². The van der Waals surface area contributed by atoms with Gasteiger partial charge in [0, 0.05) is 6.42 Å². The highest BCUT2D eigenvalue weighted by molar-refractivity contribution is 5.75. The standard InChI is InChI=1S/C11H18O4/c1-9(14)5-10(8(12)13)3-2-4-11(15,6-9)7-10/h14-15H,2-7H2,1H3,(H,12,13). The van der Waals surface area contributed by atoms with Crippen LogP contribution in [0.15, 0.2) is 0 Å². The molecule has 0 aromatic rings. The van der Waals surface area contributed by atoms with Gasteiger partial charge in [0.15, 0.2) is 0 Å². The molecule has 0 amide bonds. The third-order valence-corrected chi connectivity index (χ3v) is 3.85. The Labute approximate surface area is 88.9 Å². The van der Waals surface area contributed by atoms with E-state index in [1.165, 1.54) is 0 Å². The first kappa shape index (κ1) is 10.9. The van der Waals surface area contributed by atoms with Gasteiger partial charge in [0.1, 0.15) is 0 Å². The van der Waals surface area contributed by atoms with Crippen LogP contribution in [0.1, 0.15) is 45.4 Å². The fraction of sp³-hybridized carbons (Fsp3) is 0.909. The number of aliphatic carboxylic acids is 1. The fourth-order valence-electron chi connectivity index (χ4n) is 3.62. The van der Waals surface area contributed by atoms with Crippen molar-refractivity contribution < 1.29 is 20.1 Å². The average molecular weight is 214 g/mol. The Kier molecular flexibility index (Phi) is 2.14. The molecule has 15 heavy (non-hydrogen) atoms. The lowest BCUT2D eigenvalue weighted by molar-refractivity contribution is -0.190. The first-order chi connectivity index (χ1) is 6.77. The van der Waals surface area contributed by atoms with Crippen molar-refractivity contribution in [3.8, 4) is 0 Å². The number of carboxylic acid groups (broad SMARTS) is 1. The fourth-order valence-corrected chi connectivity index (χ4v) is 3.62. The van der Waals surface area contributed by atoms with Gasteiger partial charge in [0.05, 0.1) is 16.6 Å². The van der Waals surface area contributed by atoms with Gasteiger partial charge < -0.3 is 15.3 Å². The van der Waals surface area contributed by atoms with Gasteiger partial charge in [-0.05, 0) is 39.0 Å². The normalized spacial score (nSPS) is 50.1. The van der Waals surface area contributed by atoms with E-state index in [1.807, 2.05) is 0 Å². The zero-order chi connectivity index (χ0) is 11.3. The van der Waals surface area contributed by atoms with Crippen molar-refractivity contribution in [2.75, 3.05) is 0 Å². The molecule has 3 N–H and O–H groups in total. The van der Waals surface area contributed by atoms with E-state index in [4.69, 9.17) is 0 Å². The van der Waals surface area contributed by atoms with Gasteiger partial charge in [0.2, 0.25) is 0 Å². The Morgan fingerprint density at radius 2 is 1.80 bits per heavy atom. The molecule has 3 atom stereocenters. The number of rotatable bonds is 1. The Hall–Kier alpha value is -0.610. The SMILES string of the molecule is CC1(O)CC2(O)CCCC(C(=O)O)(C1)C2. The van der Waals surface area contributed by atoms with E-state index in [-0.39, 0.29) is 6.42 Å². The predicted octanol–water partition coefficient (Wildman–Crippen LogP) is 0.907. The number of fused-ring (bicyclic) bond motifs is 2. The monoisotopic (exact) mass is 214 g/mol. The third kappa shape index (κ3) is 1.76. The lowest BCUT2D eigenvalue weighted by Gasteiger charge is -2.52. The molecule has 2 aliphatic carbocycles. The molecule has 2 aliphatic rings. The predicted molar refractivity (Wildman–Crippen MR) is 53.3 cm³/mol. The molecule has 2 bridgehead atoms. The summed E-state index contributed by atoms with van der Waals surface area (Å²) in [7, 11) is 0. The number of carboxylic acids is 1. The van der Waals surface area contributed by atoms with Crippen LogP contribution in [0.3, 0.4) is 0 Å². The quantitative estimate of drug-likeness (QED) is 0.606. The van der Waals surface area contributed by atoms with Crippen LogP contribution in [0.25, 0.3) is 0 Å². The average Bonchev–Trinajstić information content (AvgIpc) is 1.98. The summed E-state index contributed by atoms with van der Waals surface area (Å²) in [5.74, 6) is -0.874. The molecule has 2 rings (SSSR count). The highest BCUT2D eigenvalue weighted by Gasteiger charge is 2.57. The van der Waals surface area contributed by atoms with Crippen molar-refractivity contribution in [1.29, 1.82) is 0 Å². The highest BCUT2D eigenvalue weighted by atomic mass is 16.4. The smallest absolute Gasteiger partial charge is 0.309 e. The first-order valence-electron chi connectivity index (χ1n) is 5.45. The summed E-state index contributed by atoms with van der Waals surface area (Å²) < 4.78 is 0. The molecule has 0 radical (unpaired) electrons. The number of carbonyl (C=O) groups is 1. The highest BCUT2D eigenvalue weighted by Crippen LogP contribution is 2.54. The van der Waals surface area contributed by atoms with Crippen LogP contribution in [0.4, 0.5) is 0 Å². The molecule has 2 saturated carbocycles. The van der Waals surface area contributed by atoms with E-state index in [1.54, 1.807) is 6.92 Å². The van der Waals surface area contributed by atoms with Crippen molar-refractivity contribution in [3.63, 3.8) is 0 Å². The maximum atomic E-state index is 11.3. The molecule has 0 aromatic carbocycles. The second kappa shape index (κ2) is 2.95. The number of hydrogen-bond donors (Lipinski definition) is 3. The van der Waals surface area contributed by atoms with E-state index in [2.05, 4.69) is 0 Å². The molecule has 3 unspecified atom stereocenters. The largest absolute Gasteiger partial charge is 0.481 e. The van der Waals surface area contributed by atoms with Crippen LogP contribution >= 0.6 is 0 Å². The molecular weight excluding hydrogens is 196 g/mol. The third-order valence-electron chi connectivity index (χ3n) is 3.85. The van der Waals surface area contributed by atoms with Crippen LogP contribution in [-0.4, -0.2) is 32.5 Å². The summed E-state index contributed by atoms with van der Waals surface area (Å²) in [6, 6.07) is 0. The minimum atomic E-state index is -1.05. The van der Waals surface area contributed by atoms with Crippen LogP contribution in [0.5, 0.6) is 0 Å². The summed E-state index contributed by atoms with van der Waals surface area (Å²) in [6.45, 7) is 1.63. The first-order valence-corrected chi connectivity index (χ1v) is 5.45. The maximum absolute atomic E-state index is 11.3. The molecule has 86 valence electrons. The molecule has 0 aromatic heterocycles. The molecule has 0 aliphatic heterocycles. The maximum Gasteiger partial charge on any atom is 0.309 e. The van der Waals surface area contributed by atoms with Gasteiger partial charge in [-0.2, -0.15) is 0 Å². The summed E-state index contributed by atoms with van der Waals surface area (Å²) in [6.07, 6.45) is 2.77. The van der Waals surface area contributed by atoms with E-state index in [0.717, 1.165) is 6.42 Å². The number of hydrogen-bond acceptors (Lipinski definition) is 3. The van der Waals surface area contributed by atoms with Crippen LogP contribution in [0, 0.1) is 5.41 Å². The molecule has 4 nitrogen and oxygen atoms in total. The van der Waals surface area contributed by atoms with Crippen molar-refractivity contribution >= 4 is 5.97 Å². The van der Waals surface area contributed by atoms with Crippen LogP contribution in [0.2, 0.25) is 0 Å². The molecule has 0 spiro atoms. The van der Waals surface area contributed by atoms with E-state index in [9.17, 15) is 20.1 Å².